The summed E-state index contributed by atoms with van der Waals surface area (Å²) in [4.78, 5) is 15.6. The van der Waals surface area contributed by atoms with E-state index in [-0.39, 0.29) is 16.3 Å². The summed E-state index contributed by atoms with van der Waals surface area (Å²) >= 11 is 1.18. The molecule has 4 rings (SSSR count). The maximum Gasteiger partial charge on any atom is 0.340 e. The van der Waals surface area contributed by atoms with E-state index >= 15 is 0 Å². The number of thiophene rings is 1. The van der Waals surface area contributed by atoms with Crippen LogP contribution < -0.4 is 4.72 Å². The van der Waals surface area contributed by atoms with Gasteiger partial charge in [0.15, 0.2) is 0 Å². The molecule has 0 spiro atoms. The summed E-state index contributed by atoms with van der Waals surface area (Å²) in [5.41, 5.74) is 2.24. The van der Waals surface area contributed by atoms with Gasteiger partial charge in [-0.1, -0.05) is 49.4 Å². The van der Waals surface area contributed by atoms with Crippen molar-refractivity contribution in [1.82, 2.24) is 9.62 Å². The molecule has 2 aromatic carbocycles. The van der Waals surface area contributed by atoms with E-state index in [4.69, 9.17) is 4.74 Å². The highest BCUT2D eigenvalue weighted by molar-refractivity contribution is 7.91. The second-order valence-electron chi connectivity index (χ2n) is 7.26. The zero-order valence-electron chi connectivity index (χ0n) is 17.0. The fourth-order valence-electron chi connectivity index (χ4n) is 3.99. The predicted molar refractivity (Wildman–Crippen MR) is 118 cm³/mol. The van der Waals surface area contributed by atoms with Gasteiger partial charge in [0.25, 0.3) is 10.0 Å². The number of benzene rings is 2. The number of esters is 1. The molecule has 1 aromatic heterocycles. The lowest BCUT2D eigenvalue weighted by Gasteiger charge is -2.27. The van der Waals surface area contributed by atoms with Gasteiger partial charge < -0.3 is 4.74 Å². The van der Waals surface area contributed by atoms with Gasteiger partial charge in [0.1, 0.15) is 4.21 Å². The van der Waals surface area contributed by atoms with Crippen LogP contribution in [0.4, 0.5) is 0 Å². The Morgan fingerprint density at radius 2 is 1.97 bits per heavy atom. The van der Waals surface area contributed by atoms with Crippen molar-refractivity contribution >= 4 is 38.1 Å². The second-order valence-corrected chi connectivity index (χ2v) is 10.3. The van der Waals surface area contributed by atoms with Crippen molar-refractivity contribution in [2.24, 2.45) is 0 Å². The molecule has 8 heteroatoms. The van der Waals surface area contributed by atoms with E-state index in [9.17, 15) is 13.2 Å². The molecule has 1 aliphatic heterocycles. The number of rotatable bonds is 6. The summed E-state index contributed by atoms with van der Waals surface area (Å²) < 4.78 is 32.8. The van der Waals surface area contributed by atoms with Crippen molar-refractivity contribution < 1.29 is 17.9 Å². The summed E-state index contributed by atoms with van der Waals surface area (Å²) in [5.74, 6) is -0.591. The lowest BCUT2D eigenvalue weighted by molar-refractivity contribution is 0.0595. The number of hydrogen-bond donors (Lipinski definition) is 1. The molecule has 0 radical (unpaired) electrons. The largest absolute Gasteiger partial charge is 0.465 e. The molecule has 0 atom stereocenters. The van der Waals surface area contributed by atoms with Crippen LogP contribution in [0.3, 0.4) is 0 Å². The average Bonchev–Trinajstić information content (AvgIpc) is 3.13. The zero-order valence-corrected chi connectivity index (χ0v) is 18.6. The van der Waals surface area contributed by atoms with Crippen molar-refractivity contribution in [1.29, 1.82) is 0 Å². The van der Waals surface area contributed by atoms with Crippen LogP contribution in [0.2, 0.25) is 0 Å². The SMILES string of the molecule is CCNS(=O)(=O)c1sc2c(c1C(=O)OC)CCN(Cc1cccc3ccccc13)C2. The molecule has 30 heavy (non-hydrogen) atoms. The normalized spacial score (nSPS) is 14.6. The van der Waals surface area contributed by atoms with Gasteiger partial charge in [-0.15, -0.1) is 11.3 Å². The van der Waals surface area contributed by atoms with Crippen LogP contribution in [0.5, 0.6) is 0 Å². The maximum atomic E-state index is 12.7. The molecule has 1 N–H and O–H groups in total. The minimum atomic E-state index is -3.75. The Morgan fingerprint density at radius 3 is 2.73 bits per heavy atom. The Labute approximate surface area is 180 Å². The van der Waals surface area contributed by atoms with E-state index in [1.807, 2.05) is 12.1 Å². The van der Waals surface area contributed by atoms with E-state index in [2.05, 4.69) is 40.0 Å². The molecule has 6 nitrogen and oxygen atoms in total. The van der Waals surface area contributed by atoms with Gasteiger partial charge in [-0.2, -0.15) is 0 Å². The first-order chi connectivity index (χ1) is 14.4. The smallest absolute Gasteiger partial charge is 0.340 e. The molecule has 1 aliphatic rings. The van der Waals surface area contributed by atoms with Gasteiger partial charge in [0, 0.05) is 31.1 Å². The number of carbonyl (C=O) groups excluding carboxylic acids is 1. The fourth-order valence-corrected chi connectivity index (χ4v) is 7.00. The first-order valence-corrected chi connectivity index (χ1v) is 12.2. The third kappa shape index (κ3) is 3.88. The lowest BCUT2D eigenvalue weighted by atomic mass is 10.0. The van der Waals surface area contributed by atoms with Gasteiger partial charge in [0.05, 0.1) is 12.7 Å². The van der Waals surface area contributed by atoms with Crippen LogP contribution in [0.1, 0.15) is 33.3 Å². The molecule has 158 valence electrons. The van der Waals surface area contributed by atoms with Crippen LogP contribution in [0.25, 0.3) is 10.8 Å². The summed E-state index contributed by atoms with van der Waals surface area (Å²) in [5, 5.41) is 2.43. The first kappa shape index (κ1) is 21.0. The number of fused-ring (bicyclic) bond motifs is 2. The molecule has 0 unspecified atom stereocenters. The third-order valence-corrected chi connectivity index (χ3v) is 8.63. The monoisotopic (exact) mass is 444 g/mol. The first-order valence-electron chi connectivity index (χ1n) is 9.86. The topological polar surface area (TPSA) is 75.7 Å². The molecule has 0 aliphatic carbocycles. The minimum Gasteiger partial charge on any atom is -0.465 e. The maximum absolute atomic E-state index is 12.7. The van der Waals surface area contributed by atoms with Crippen molar-refractivity contribution in [3.8, 4) is 0 Å². The third-order valence-electron chi connectivity index (χ3n) is 5.35. The second kappa shape index (κ2) is 8.47. The van der Waals surface area contributed by atoms with Gasteiger partial charge in [-0.25, -0.2) is 17.9 Å². The average molecular weight is 445 g/mol. The van der Waals surface area contributed by atoms with Gasteiger partial charge in [-0.05, 0) is 28.3 Å². The highest BCUT2D eigenvalue weighted by Crippen LogP contribution is 2.37. The quantitative estimate of drug-likeness (QED) is 0.589. The Balaban J connectivity index is 1.67. The van der Waals surface area contributed by atoms with Crippen molar-refractivity contribution in [2.45, 2.75) is 30.6 Å². The summed E-state index contributed by atoms with van der Waals surface area (Å²) in [6, 6.07) is 14.6. The number of hydrogen-bond acceptors (Lipinski definition) is 6. The molecule has 0 saturated carbocycles. The molecule has 0 amide bonds. The molecular formula is C22H24N2O4S2. The highest BCUT2D eigenvalue weighted by Gasteiger charge is 2.33. The minimum absolute atomic E-state index is 0.0632. The number of sulfonamides is 1. The van der Waals surface area contributed by atoms with Crippen LogP contribution in [0, 0.1) is 0 Å². The summed E-state index contributed by atoms with van der Waals surface area (Å²) in [6.45, 7) is 4.10. The van der Waals surface area contributed by atoms with Gasteiger partial charge >= 0.3 is 5.97 Å². The Morgan fingerprint density at radius 1 is 1.20 bits per heavy atom. The number of methoxy groups -OCH3 is 1. The lowest BCUT2D eigenvalue weighted by Crippen LogP contribution is -2.30. The molecule has 0 saturated heterocycles. The van der Waals surface area contributed by atoms with E-state index in [0.29, 0.717) is 13.0 Å². The van der Waals surface area contributed by atoms with Gasteiger partial charge in [0.2, 0.25) is 0 Å². The number of nitrogens with zero attached hydrogens (tertiary/aromatic N) is 1. The highest BCUT2D eigenvalue weighted by atomic mass is 32.2. The van der Waals surface area contributed by atoms with Crippen LogP contribution in [-0.2, 0) is 34.3 Å². The standard InChI is InChI=1S/C22H24N2O4S2/c1-3-23-30(26,27)22-20(21(25)28-2)18-11-12-24(14-19(18)29-22)13-16-9-6-8-15-7-4-5-10-17(15)16/h4-10,23H,3,11-14H2,1-2H3. The number of ether oxygens (including phenoxy) is 1. The zero-order chi connectivity index (χ0) is 21.3. The van der Waals surface area contributed by atoms with E-state index in [0.717, 1.165) is 23.5 Å². The molecule has 0 bridgehead atoms. The fraction of sp³-hybridized carbons (Fsp3) is 0.318. The molecule has 2 heterocycles. The van der Waals surface area contributed by atoms with Crippen molar-refractivity contribution in [3.63, 3.8) is 0 Å². The Bertz CT molecular complexity index is 1200. The summed E-state index contributed by atoms with van der Waals surface area (Å²) in [7, 11) is -2.46. The van der Waals surface area contributed by atoms with E-state index in [1.165, 1.54) is 34.8 Å². The van der Waals surface area contributed by atoms with E-state index < -0.39 is 16.0 Å². The van der Waals surface area contributed by atoms with Crippen LogP contribution in [0.15, 0.2) is 46.7 Å². The van der Waals surface area contributed by atoms with Crippen molar-refractivity contribution in [2.75, 3.05) is 20.2 Å². The number of carbonyl (C=O) groups is 1. The van der Waals surface area contributed by atoms with E-state index in [1.54, 1.807) is 6.92 Å². The number of nitrogens with one attached hydrogen (secondary N) is 1. The summed E-state index contributed by atoms with van der Waals surface area (Å²) in [6.07, 6.45) is 0.614. The van der Waals surface area contributed by atoms with Crippen molar-refractivity contribution in [3.05, 3.63) is 64.0 Å². The Kier molecular flexibility index (Phi) is 5.92. The molecule has 0 fully saturated rings. The molecular weight excluding hydrogens is 420 g/mol. The van der Waals surface area contributed by atoms with Gasteiger partial charge in [-0.3, -0.25) is 4.90 Å². The Hall–Kier alpha value is -2.26. The predicted octanol–water partition coefficient (Wildman–Crippen LogP) is 3.54. The van der Waals surface area contributed by atoms with Crippen LogP contribution in [-0.4, -0.2) is 39.5 Å². The molecule has 3 aromatic rings. The van der Waals surface area contributed by atoms with Crippen LogP contribution >= 0.6 is 11.3 Å².